The molecule has 0 aliphatic heterocycles. The summed E-state index contributed by atoms with van der Waals surface area (Å²) in [5.41, 5.74) is 1.63. The van der Waals surface area contributed by atoms with Gasteiger partial charge < -0.3 is 9.63 Å². The number of carboxylic acid groups (broad SMARTS) is 1. The van der Waals surface area contributed by atoms with Gasteiger partial charge in [0.15, 0.2) is 11.5 Å². The number of halogens is 1. The van der Waals surface area contributed by atoms with Crippen LogP contribution in [0.5, 0.6) is 0 Å². The molecule has 1 N–H and O–H groups in total. The van der Waals surface area contributed by atoms with Gasteiger partial charge in [0.05, 0.1) is 18.0 Å². The van der Waals surface area contributed by atoms with Crippen LogP contribution in [-0.4, -0.2) is 31.0 Å². The first-order valence-electron chi connectivity index (χ1n) is 7.75. The Morgan fingerprint density at radius 2 is 2.08 bits per heavy atom. The van der Waals surface area contributed by atoms with Crippen LogP contribution < -0.4 is 0 Å². The standard InChI is InChI=1S/C18H13FN4O3/c1-9-10(2)14(18(24)25)16(15(19)13(9)12-7-22-26-8-12)23-17-11(6-21-23)4-3-5-20-17/h3-8H,1-2H3,(H,24,25). The number of pyridine rings is 1. The minimum atomic E-state index is -1.24. The molecule has 8 heteroatoms. The number of carbonyl (C=O) groups is 1. The van der Waals surface area contributed by atoms with Gasteiger partial charge in [-0.15, -0.1) is 0 Å². The van der Waals surface area contributed by atoms with Gasteiger partial charge in [-0.3, -0.25) is 0 Å². The first-order chi connectivity index (χ1) is 12.5. The maximum atomic E-state index is 15.6. The molecule has 26 heavy (non-hydrogen) atoms. The molecular formula is C18H13FN4O3. The summed E-state index contributed by atoms with van der Waals surface area (Å²) >= 11 is 0. The van der Waals surface area contributed by atoms with Crippen LogP contribution in [0.4, 0.5) is 4.39 Å². The second-order valence-electron chi connectivity index (χ2n) is 5.85. The Labute approximate surface area is 146 Å². The maximum Gasteiger partial charge on any atom is 0.338 e. The number of aromatic nitrogens is 4. The highest BCUT2D eigenvalue weighted by atomic mass is 19.1. The van der Waals surface area contributed by atoms with E-state index in [9.17, 15) is 9.90 Å². The normalized spacial score (nSPS) is 11.2. The summed E-state index contributed by atoms with van der Waals surface area (Å²) in [7, 11) is 0. The van der Waals surface area contributed by atoms with Gasteiger partial charge >= 0.3 is 5.97 Å². The van der Waals surface area contributed by atoms with E-state index in [1.165, 1.54) is 23.3 Å². The number of aromatic carboxylic acids is 1. The summed E-state index contributed by atoms with van der Waals surface area (Å²) < 4.78 is 21.6. The van der Waals surface area contributed by atoms with E-state index in [1.807, 2.05) is 0 Å². The van der Waals surface area contributed by atoms with Crippen molar-refractivity contribution in [2.75, 3.05) is 0 Å². The molecule has 0 unspecified atom stereocenters. The summed E-state index contributed by atoms with van der Waals surface area (Å²) in [6.07, 6.45) is 5.76. The molecule has 3 heterocycles. The van der Waals surface area contributed by atoms with Crippen LogP contribution in [-0.2, 0) is 0 Å². The molecule has 4 rings (SSSR count). The monoisotopic (exact) mass is 352 g/mol. The Hall–Kier alpha value is -3.55. The highest BCUT2D eigenvalue weighted by molar-refractivity contribution is 5.97. The molecule has 0 atom stereocenters. The summed E-state index contributed by atoms with van der Waals surface area (Å²) in [5, 5.41) is 18.2. The molecule has 0 aliphatic rings. The fraction of sp³-hybridized carbons (Fsp3) is 0.111. The molecule has 0 spiro atoms. The minimum absolute atomic E-state index is 0.157. The third-order valence-corrected chi connectivity index (χ3v) is 4.45. The quantitative estimate of drug-likeness (QED) is 0.606. The Morgan fingerprint density at radius 1 is 1.27 bits per heavy atom. The number of nitrogens with zero attached hydrogens (tertiary/aromatic N) is 4. The zero-order valence-corrected chi connectivity index (χ0v) is 13.9. The smallest absolute Gasteiger partial charge is 0.338 e. The Morgan fingerprint density at radius 3 is 2.77 bits per heavy atom. The molecule has 7 nitrogen and oxygen atoms in total. The van der Waals surface area contributed by atoms with Crippen LogP contribution in [0.3, 0.4) is 0 Å². The number of carboxylic acids is 1. The zero-order chi connectivity index (χ0) is 18.4. The van der Waals surface area contributed by atoms with Crippen LogP contribution in [0.15, 0.2) is 41.5 Å². The molecule has 0 radical (unpaired) electrons. The van der Waals surface area contributed by atoms with E-state index < -0.39 is 11.8 Å². The van der Waals surface area contributed by atoms with E-state index in [1.54, 1.807) is 32.2 Å². The first kappa shape index (κ1) is 15.9. The van der Waals surface area contributed by atoms with Gasteiger partial charge in [0.1, 0.15) is 12.0 Å². The molecule has 0 amide bonds. The summed E-state index contributed by atoms with van der Waals surface area (Å²) in [6, 6.07) is 3.50. The Balaban J connectivity index is 2.16. The number of hydrogen-bond donors (Lipinski definition) is 1. The lowest BCUT2D eigenvalue weighted by Crippen LogP contribution is -2.14. The molecule has 0 aliphatic carbocycles. The SMILES string of the molecule is Cc1c(C)c(-c2cnoc2)c(F)c(-n2ncc3cccnc32)c1C(=O)O. The molecule has 0 saturated heterocycles. The second kappa shape index (κ2) is 5.76. The lowest BCUT2D eigenvalue weighted by molar-refractivity contribution is 0.0695. The fourth-order valence-electron chi connectivity index (χ4n) is 3.10. The molecule has 130 valence electrons. The third kappa shape index (κ3) is 2.19. The van der Waals surface area contributed by atoms with Crippen molar-refractivity contribution in [1.29, 1.82) is 0 Å². The Bertz CT molecular complexity index is 1150. The van der Waals surface area contributed by atoms with Gasteiger partial charge in [-0.1, -0.05) is 5.16 Å². The van der Waals surface area contributed by atoms with Gasteiger partial charge in [-0.05, 0) is 37.1 Å². The van der Waals surface area contributed by atoms with Crippen molar-refractivity contribution < 1.29 is 18.8 Å². The van der Waals surface area contributed by atoms with E-state index >= 15 is 4.39 Å². The van der Waals surface area contributed by atoms with Gasteiger partial charge in [0.2, 0.25) is 0 Å². The fourth-order valence-corrected chi connectivity index (χ4v) is 3.10. The van der Waals surface area contributed by atoms with Crippen LogP contribution in [0.25, 0.3) is 27.8 Å². The number of benzene rings is 1. The van der Waals surface area contributed by atoms with Crippen LogP contribution in [0.1, 0.15) is 21.5 Å². The van der Waals surface area contributed by atoms with E-state index in [0.717, 1.165) is 0 Å². The van der Waals surface area contributed by atoms with Crippen molar-refractivity contribution in [2.45, 2.75) is 13.8 Å². The van der Waals surface area contributed by atoms with E-state index in [0.29, 0.717) is 27.7 Å². The average Bonchev–Trinajstić information content (AvgIpc) is 3.27. The largest absolute Gasteiger partial charge is 0.478 e. The van der Waals surface area contributed by atoms with Crippen molar-refractivity contribution >= 4 is 17.0 Å². The van der Waals surface area contributed by atoms with Gasteiger partial charge in [-0.25, -0.2) is 18.9 Å². The maximum absolute atomic E-state index is 15.6. The predicted octanol–water partition coefficient (Wildman–Crippen LogP) is 3.53. The van der Waals surface area contributed by atoms with Crippen molar-refractivity contribution in [3.8, 4) is 16.8 Å². The Kier molecular flexibility index (Phi) is 3.54. The highest BCUT2D eigenvalue weighted by Crippen LogP contribution is 2.36. The van der Waals surface area contributed by atoms with Gasteiger partial charge in [0.25, 0.3) is 0 Å². The van der Waals surface area contributed by atoms with Gasteiger partial charge in [-0.2, -0.15) is 5.10 Å². The lowest BCUT2D eigenvalue weighted by Gasteiger charge is -2.17. The molecular weight excluding hydrogens is 339 g/mol. The van der Waals surface area contributed by atoms with E-state index in [2.05, 4.69) is 15.2 Å². The van der Waals surface area contributed by atoms with E-state index in [-0.39, 0.29) is 16.8 Å². The summed E-state index contributed by atoms with van der Waals surface area (Å²) in [4.78, 5) is 16.1. The third-order valence-electron chi connectivity index (χ3n) is 4.45. The van der Waals surface area contributed by atoms with Crippen molar-refractivity contribution in [3.63, 3.8) is 0 Å². The average molecular weight is 352 g/mol. The van der Waals surface area contributed by atoms with Crippen LogP contribution >= 0.6 is 0 Å². The minimum Gasteiger partial charge on any atom is -0.478 e. The molecule has 0 fully saturated rings. The molecule has 4 aromatic rings. The summed E-state index contributed by atoms with van der Waals surface area (Å²) in [6.45, 7) is 3.30. The number of fused-ring (bicyclic) bond motifs is 1. The summed E-state index contributed by atoms with van der Waals surface area (Å²) in [5.74, 6) is -1.96. The predicted molar refractivity (Wildman–Crippen MR) is 90.8 cm³/mol. The first-order valence-corrected chi connectivity index (χ1v) is 7.75. The molecule has 3 aromatic heterocycles. The van der Waals surface area contributed by atoms with Crippen molar-refractivity contribution in [1.82, 2.24) is 19.9 Å². The molecule has 1 aromatic carbocycles. The highest BCUT2D eigenvalue weighted by Gasteiger charge is 2.28. The van der Waals surface area contributed by atoms with E-state index in [4.69, 9.17) is 4.52 Å². The topological polar surface area (TPSA) is 94.0 Å². The van der Waals surface area contributed by atoms with Gasteiger partial charge in [0, 0.05) is 22.7 Å². The zero-order valence-electron chi connectivity index (χ0n) is 13.9. The van der Waals surface area contributed by atoms with Crippen molar-refractivity contribution in [2.24, 2.45) is 0 Å². The van der Waals surface area contributed by atoms with Crippen LogP contribution in [0, 0.1) is 19.7 Å². The lowest BCUT2D eigenvalue weighted by atomic mass is 9.92. The van der Waals surface area contributed by atoms with Crippen LogP contribution in [0.2, 0.25) is 0 Å². The number of hydrogen-bond acceptors (Lipinski definition) is 5. The van der Waals surface area contributed by atoms with Crippen molar-refractivity contribution in [3.05, 3.63) is 59.5 Å². The molecule has 0 saturated carbocycles. The molecule has 0 bridgehead atoms. The second-order valence-corrected chi connectivity index (χ2v) is 5.85. The number of rotatable bonds is 3.